The number of benzene rings is 2. The second-order valence-corrected chi connectivity index (χ2v) is 7.36. The highest BCUT2D eigenvalue weighted by Gasteiger charge is 2.27. The molecule has 6 nitrogen and oxygen atoms in total. The summed E-state index contributed by atoms with van der Waals surface area (Å²) in [6.07, 6.45) is 0. The predicted molar refractivity (Wildman–Crippen MR) is 112 cm³/mol. The minimum absolute atomic E-state index is 0.0922. The summed E-state index contributed by atoms with van der Waals surface area (Å²) in [7, 11) is 1.50. The van der Waals surface area contributed by atoms with Gasteiger partial charge in [0.25, 0.3) is 11.8 Å². The molecule has 29 heavy (non-hydrogen) atoms. The molecule has 0 bridgehead atoms. The number of hydrogen-bond acceptors (Lipinski definition) is 4. The van der Waals surface area contributed by atoms with Gasteiger partial charge in [-0.1, -0.05) is 29.3 Å². The molecule has 2 aromatic rings. The lowest BCUT2D eigenvalue weighted by Crippen LogP contribution is -2.50. The SMILES string of the molecule is CCOc1c(Cl)cc(C(=O)N2CCN(C(=O)c3cccc(Cl)c3)CC2)cc1OC. The molecule has 2 aromatic carbocycles. The summed E-state index contributed by atoms with van der Waals surface area (Å²) in [5, 5.41) is 0.843. The molecule has 8 heteroatoms. The highest BCUT2D eigenvalue weighted by molar-refractivity contribution is 6.32. The van der Waals surface area contributed by atoms with Gasteiger partial charge in [-0.3, -0.25) is 9.59 Å². The number of nitrogens with zero attached hydrogens (tertiary/aromatic N) is 2. The molecule has 0 radical (unpaired) electrons. The first-order valence-electron chi connectivity index (χ1n) is 9.29. The summed E-state index contributed by atoms with van der Waals surface area (Å²) in [6, 6.07) is 10.1. The van der Waals surface area contributed by atoms with Crippen LogP contribution in [0.4, 0.5) is 0 Å². The molecule has 1 fully saturated rings. The number of methoxy groups -OCH3 is 1. The normalized spacial score (nSPS) is 13.9. The Labute approximate surface area is 179 Å². The van der Waals surface area contributed by atoms with Gasteiger partial charge in [-0.2, -0.15) is 0 Å². The van der Waals surface area contributed by atoms with Gasteiger partial charge in [0, 0.05) is 42.3 Å². The van der Waals surface area contributed by atoms with Crippen molar-refractivity contribution in [3.8, 4) is 11.5 Å². The predicted octanol–water partition coefficient (Wildman–Crippen LogP) is 4.00. The second kappa shape index (κ2) is 9.37. The van der Waals surface area contributed by atoms with Crippen molar-refractivity contribution in [1.82, 2.24) is 9.80 Å². The van der Waals surface area contributed by atoms with Gasteiger partial charge in [0.05, 0.1) is 18.7 Å². The van der Waals surface area contributed by atoms with Crippen molar-refractivity contribution in [2.75, 3.05) is 39.9 Å². The molecule has 2 amide bonds. The van der Waals surface area contributed by atoms with Crippen LogP contribution in [0.3, 0.4) is 0 Å². The first-order valence-corrected chi connectivity index (χ1v) is 10.0. The highest BCUT2D eigenvalue weighted by Crippen LogP contribution is 2.36. The Bertz CT molecular complexity index is 912. The Kier molecular flexibility index (Phi) is 6.87. The number of rotatable bonds is 5. The molecule has 0 unspecified atom stereocenters. The number of carbonyl (C=O) groups excluding carboxylic acids is 2. The lowest BCUT2D eigenvalue weighted by atomic mass is 10.1. The van der Waals surface area contributed by atoms with Crippen LogP contribution in [0.15, 0.2) is 36.4 Å². The fraction of sp³-hybridized carbons (Fsp3) is 0.333. The highest BCUT2D eigenvalue weighted by atomic mass is 35.5. The molecular weight excluding hydrogens is 415 g/mol. The number of carbonyl (C=O) groups is 2. The molecule has 1 aliphatic heterocycles. The maximum atomic E-state index is 12.9. The van der Waals surface area contributed by atoms with Gasteiger partial charge in [-0.15, -0.1) is 0 Å². The zero-order chi connectivity index (χ0) is 21.0. The van der Waals surface area contributed by atoms with E-state index in [4.69, 9.17) is 32.7 Å². The van der Waals surface area contributed by atoms with E-state index in [2.05, 4.69) is 0 Å². The first-order chi connectivity index (χ1) is 13.9. The van der Waals surface area contributed by atoms with Crippen molar-refractivity contribution in [1.29, 1.82) is 0 Å². The Morgan fingerprint density at radius 1 is 0.966 bits per heavy atom. The van der Waals surface area contributed by atoms with E-state index in [1.54, 1.807) is 46.2 Å². The summed E-state index contributed by atoms with van der Waals surface area (Å²) in [5.74, 6) is 0.580. The van der Waals surface area contributed by atoms with Gasteiger partial charge in [0.15, 0.2) is 11.5 Å². The molecule has 154 valence electrons. The van der Waals surface area contributed by atoms with E-state index in [0.29, 0.717) is 65.5 Å². The fourth-order valence-corrected chi connectivity index (χ4v) is 3.68. The Morgan fingerprint density at radius 3 is 2.14 bits per heavy atom. The van der Waals surface area contributed by atoms with Crippen LogP contribution in [-0.4, -0.2) is 61.5 Å². The lowest BCUT2D eigenvalue weighted by Gasteiger charge is -2.35. The molecule has 0 N–H and O–H groups in total. The third-order valence-electron chi connectivity index (χ3n) is 4.69. The van der Waals surface area contributed by atoms with Gasteiger partial charge in [0.1, 0.15) is 0 Å². The minimum Gasteiger partial charge on any atom is -0.493 e. The standard InChI is InChI=1S/C21H22Cl2N2O4/c1-3-29-19-17(23)12-15(13-18(19)28-2)21(27)25-9-7-24(8-10-25)20(26)14-5-4-6-16(22)11-14/h4-6,11-13H,3,7-10H2,1-2H3. The van der Waals surface area contributed by atoms with Crippen LogP contribution in [0.1, 0.15) is 27.6 Å². The molecule has 0 aromatic heterocycles. The van der Waals surface area contributed by atoms with Crippen molar-refractivity contribution >= 4 is 35.0 Å². The van der Waals surface area contributed by atoms with Gasteiger partial charge in [0.2, 0.25) is 0 Å². The lowest BCUT2D eigenvalue weighted by molar-refractivity contribution is 0.0535. The Hall–Kier alpha value is -2.44. The van der Waals surface area contributed by atoms with Crippen LogP contribution in [0, 0.1) is 0 Å². The quantitative estimate of drug-likeness (QED) is 0.710. The molecule has 0 atom stereocenters. The van der Waals surface area contributed by atoms with Crippen LogP contribution in [-0.2, 0) is 0 Å². The molecule has 0 spiro atoms. The van der Waals surface area contributed by atoms with Gasteiger partial charge in [-0.25, -0.2) is 0 Å². The van der Waals surface area contributed by atoms with Gasteiger partial charge in [-0.05, 0) is 37.3 Å². The maximum absolute atomic E-state index is 12.9. The minimum atomic E-state index is -0.164. The molecular formula is C21H22Cl2N2O4. The van der Waals surface area contributed by atoms with Crippen molar-refractivity contribution < 1.29 is 19.1 Å². The largest absolute Gasteiger partial charge is 0.493 e. The number of amides is 2. The molecule has 1 saturated heterocycles. The van der Waals surface area contributed by atoms with E-state index in [9.17, 15) is 9.59 Å². The Balaban J connectivity index is 1.68. The van der Waals surface area contributed by atoms with E-state index in [-0.39, 0.29) is 11.8 Å². The zero-order valence-electron chi connectivity index (χ0n) is 16.3. The number of hydrogen-bond donors (Lipinski definition) is 0. The number of halogens is 2. The average Bonchev–Trinajstić information content (AvgIpc) is 2.74. The van der Waals surface area contributed by atoms with E-state index in [1.807, 2.05) is 6.92 Å². The average molecular weight is 437 g/mol. The van der Waals surface area contributed by atoms with Gasteiger partial charge >= 0.3 is 0 Å². The van der Waals surface area contributed by atoms with Crippen LogP contribution in [0.2, 0.25) is 10.0 Å². The van der Waals surface area contributed by atoms with Crippen molar-refractivity contribution in [2.24, 2.45) is 0 Å². The molecule has 3 rings (SSSR count). The third kappa shape index (κ3) is 4.77. The summed E-state index contributed by atoms with van der Waals surface area (Å²) in [6.45, 7) is 4.03. The van der Waals surface area contributed by atoms with Crippen LogP contribution >= 0.6 is 23.2 Å². The van der Waals surface area contributed by atoms with E-state index >= 15 is 0 Å². The second-order valence-electron chi connectivity index (χ2n) is 6.52. The van der Waals surface area contributed by atoms with Crippen LogP contribution < -0.4 is 9.47 Å². The van der Waals surface area contributed by atoms with Crippen LogP contribution in [0.5, 0.6) is 11.5 Å². The summed E-state index contributed by atoms with van der Waals surface area (Å²) in [4.78, 5) is 29.0. The molecule has 0 aliphatic carbocycles. The monoisotopic (exact) mass is 436 g/mol. The first kappa shape index (κ1) is 21.3. The molecule has 0 saturated carbocycles. The molecule has 1 heterocycles. The third-order valence-corrected chi connectivity index (χ3v) is 5.21. The topological polar surface area (TPSA) is 59.1 Å². The van der Waals surface area contributed by atoms with Crippen molar-refractivity contribution in [3.63, 3.8) is 0 Å². The number of piperazine rings is 1. The fourth-order valence-electron chi connectivity index (χ4n) is 3.23. The van der Waals surface area contributed by atoms with E-state index in [1.165, 1.54) is 7.11 Å². The van der Waals surface area contributed by atoms with Crippen molar-refractivity contribution in [2.45, 2.75) is 6.92 Å². The smallest absolute Gasteiger partial charge is 0.254 e. The zero-order valence-corrected chi connectivity index (χ0v) is 17.8. The number of ether oxygens (including phenoxy) is 2. The summed E-state index contributed by atoms with van der Waals surface area (Å²) < 4.78 is 10.8. The maximum Gasteiger partial charge on any atom is 0.254 e. The molecule has 1 aliphatic rings. The van der Waals surface area contributed by atoms with E-state index < -0.39 is 0 Å². The van der Waals surface area contributed by atoms with Gasteiger partial charge < -0.3 is 19.3 Å². The van der Waals surface area contributed by atoms with E-state index in [0.717, 1.165) is 0 Å². The van der Waals surface area contributed by atoms with Crippen LogP contribution in [0.25, 0.3) is 0 Å². The Morgan fingerprint density at radius 2 is 1.59 bits per heavy atom. The summed E-state index contributed by atoms with van der Waals surface area (Å²) >= 11 is 12.3. The summed E-state index contributed by atoms with van der Waals surface area (Å²) in [5.41, 5.74) is 0.963. The van der Waals surface area contributed by atoms with Crippen molar-refractivity contribution in [3.05, 3.63) is 57.6 Å².